The van der Waals surface area contributed by atoms with Crippen molar-refractivity contribution in [1.29, 1.82) is 0 Å². The van der Waals surface area contributed by atoms with Crippen LogP contribution in [0.15, 0.2) is 54.6 Å². The molecule has 7 heteroatoms. The molecule has 2 N–H and O–H groups in total. The highest BCUT2D eigenvalue weighted by Crippen LogP contribution is 2.18. The van der Waals surface area contributed by atoms with Crippen LogP contribution in [0.5, 0.6) is 5.75 Å². The number of ether oxygens (including phenoxy) is 1. The number of carbonyl (C=O) groups excluding carboxylic acids is 2. The van der Waals surface area contributed by atoms with Crippen LogP contribution in [0.2, 0.25) is 0 Å². The minimum absolute atomic E-state index is 0.166. The first kappa shape index (κ1) is 19.2. The van der Waals surface area contributed by atoms with Gasteiger partial charge in [-0.05, 0) is 48.9 Å². The molecule has 0 unspecified atom stereocenters. The summed E-state index contributed by atoms with van der Waals surface area (Å²) in [6.07, 6.45) is 0. The first-order valence-electron chi connectivity index (χ1n) is 8.82. The van der Waals surface area contributed by atoms with Gasteiger partial charge in [0.05, 0.1) is 18.5 Å². The lowest BCUT2D eigenvalue weighted by Gasteiger charge is -2.09. The summed E-state index contributed by atoms with van der Waals surface area (Å²) in [6.45, 7) is 3.72. The average Bonchev–Trinajstić information content (AvgIpc) is 3.06. The summed E-state index contributed by atoms with van der Waals surface area (Å²) >= 11 is 0. The molecule has 0 fully saturated rings. The molecule has 0 saturated carbocycles. The molecule has 7 nitrogen and oxygen atoms in total. The summed E-state index contributed by atoms with van der Waals surface area (Å²) in [5.74, 6) is 1.02. The molecule has 0 atom stereocenters. The summed E-state index contributed by atoms with van der Waals surface area (Å²) in [5, 5.41) is 10.0. The Bertz CT molecular complexity index is 976. The normalized spacial score (nSPS) is 10.4. The Hall–Kier alpha value is -3.61. The first-order chi connectivity index (χ1) is 13.5. The summed E-state index contributed by atoms with van der Waals surface area (Å²) in [5.41, 5.74) is 3.06. The van der Waals surface area contributed by atoms with E-state index in [1.807, 2.05) is 31.2 Å². The van der Waals surface area contributed by atoms with Gasteiger partial charge in [-0.3, -0.25) is 9.59 Å². The van der Waals surface area contributed by atoms with Crippen molar-refractivity contribution in [2.45, 2.75) is 20.4 Å². The number of methoxy groups -OCH3 is 1. The van der Waals surface area contributed by atoms with E-state index in [9.17, 15) is 9.59 Å². The zero-order chi connectivity index (χ0) is 20.1. The van der Waals surface area contributed by atoms with Gasteiger partial charge in [0.1, 0.15) is 11.6 Å². The third-order valence-corrected chi connectivity index (χ3v) is 4.12. The molecule has 2 amide bonds. The molecule has 0 aliphatic carbocycles. The Morgan fingerprint density at radius 3 is 2.36 bits per heavy atom. The molecule has 0 bridgehead atoms. The van der Waals surface area contributed by atoms with Gasteiger partial charge in [0.25, 0.3) is 5.91 Å². The number of nitrogens with zero attached hydrogens (tertiary/aromatic N) is 2. The fourth-order valence-corrected chi connectivity index (χ4v) is 2.75. The van der Waals surface area contributed by atoms with Gasteiger partial charge >= 0.3 is 0 Å². The fraction of sp³-hybridized carbons (Fsp3) is 0.190. The molecular weight excluding hydrogens is 356 g/mol. The number of hydrogen-bond donors (Lipinski definition) is 2. The number of carbonyl (C=O) groups is 2. The van der Waals surface area contributed by atoms with Gasteiger partial charge in [0, 0.05) is 25.1 Å². The van der Waals surface area contributed by atoms with Crippen LogP contribution in [0.1, 0.15) is 28.5 Å². The Morgan fingerprint density at radius 1 is 1.07 bits per heavy atom. The van der Waals surface area contributed by atoms with Crippen molar-refractivity contribution in [2.75, 3.05) is 12.4 Å². The predicted octanol–water partition coefficient (Wildman–Crippen LogP) is 3.08. The lowest BCUT2D eigenvalue weighted by molar-refractivity contribution is -0.114. The van der Waals surface area contributed by atoms with Crippen LogP contribution in [0.4, 0.5) is 5.82 Å². The van der Waals surface area contributed by atoms with Crippen molar-refractivity contribution >= 4 is 17.6 Å². The van der Waals surface area contributed by atoms with Crippen LogP contribution in [-0.4, -0.2) is 28.7 Å². The van der Waals surface area contributed by atoms with Crippen LogP contribution in [0.25, 0.3) is 5.69 Å². The number of nitrogens with one attached hydrogen (secondary N) is 2. The van der Waals surface area contributed by atoms with Gasteiger partial charge in [-0.15, -0.1) is 0 Å². The Kier molecular flexibility index (Phi) is 5.74. The molecule has 3 rings (SSSR count). The summed E-state index contributed by atoms with van der Waals surface area (Å²) in [7, 11) is 1.62. The van der Waals surface area contributed by atoms with E-state index < -0.39 is 0 Å². The van der Waals surface area contributed by atoms with E-state index in [1.165, 1.54) is 6.92 Å². The zero-order valence-corrected chi connectivity index (χ0v) is 16.0. The molecule has 28 heavy (non-hydrogen) atoms. The van der Waals surface area contributed by atoms with Crippen LogP contribution in [-0.2, 0) is 11.3 Å². The van der Waals surface area contributed by atoms with E-state index in [2.05, 4.69) is 15.7 Å². The largest absolute Gasteiger partial charge is 0.497 e. The third-order valence-electron chi connectivity index (χ3n) is 4.12. The van der Waals surface area contributed by atoms with Crippen LogP contribution >= 0.6 is 0 Å². The number of rotatable bonds is 6. The standard InChI is InChI=1S/C21H22N4O3/c1-14-12-20(23-15(2)26)25(24-14)18-8-6-17(7-9-18)21(27)22-13-16-4-10-19(28-3)11-5-16/h4-12H,13H2,1-3H3,(H,22,27)(H,23,26). The van der Waals surface area contributed by atoms with E-state index in [-0.39, 0.29) is 11.8 Å². The maximum absolute atomic E-state index is 12.4. The Labute approximate surface area is 163 Å². The van der Waals surface area contributed by atoms with Gasteiger partial charge < -0.3 is 15.4 Å². The highest BCUT2D eigenvalue weighted by molar-refractivity contribution is 5.94. The van der Waals surface area contributed by atoms with Crippen molar-refractivity contribution in [2.24, 2.45) is 0 Å². The van der Waals surface area contributed by atoms with E-state index in [4.69, 9.17) is 4.74 Å². The fourth-order valence-electron chi connectivity index (χ4n) is 2.75. The molecule has 144 valence electrons. The number of amides is 2. The van der Waals surface area contributed by atoms with Gasteiger partial charge in [-0.25, -0.2) is 4.68 Å². The van der Waals surface area contributed by atoms with Crippen LogP contribution < -0.4 is 15.4 Å². The number of benzene rings is 2. The van der Waals surface area contributed by atoms with Crippen molar-refractivity contribution in [3.05, 3.63) is 71.4 Å². The topological polar surface area (TPSA) is 85.2 Å². The smallest absolute Gasteiger partial charge is 0.251 e. The maximum Gasteiger partial charge on any atom is 0.251 e. The van der Waals surface area contributed by atoms with Crippen LogP contribution in [0, 0.1) is 6.92 Å². The second-order valence-electron chi connectivity index (χ2n) is 6.34. The monoisotopic (exact) mass is 378 g/mol. The molecule has 0 aliphatic rings. The zero-order valence-electron chi connectivity index (χ0n) is 16.0. The van der Waals surface area contributed by atoms with Crippen molar-refractivity contribution < 1.29 is 14.3 Å². The van der Waals surface area contributed by atoms with Gasteiger partial charge in [-0.2, -0.15) is 5.10 Å². The van der Waals surface area contributed by atoms with E-state index in [0.29, 0.717) is 17.9 Å². The summed E-state index contributed by atoms with van der Waals surface area (Å²) < 4.78 is 6.76. The third kappa shape index (κ3) is 4.56. The van der Waals surface area contributed by atoms with Gasteiger partial charge in [0.2, 0.25) is 5.91 Å². The second-order valence-corrected chi connectivity index (χ2v) is 6.34. The molecular formula is C21H22N4O3. The molecule has 2 aromatic carbocycles. The summed E-state index contributed by atoms with van der Waals surface area (Å²) in [6, 6.07) is 16.4. The van der Waals surface area contributed by atoms with Gasteiger partial charge in [0.15, 0.2) is 0 Å². The number of anilines is 1. The van der Waals surface area contributed by atoms with Crippen molar-refractivity contribution in [3.63, 3.8) is 0 Å². The quantitative estimate of drug-likeness (QED) is 0.690. The van der Waals surface area contributed by atoms with E-state index in [0.717, 1.165) is 22.7 Å². The molecule has 0 saturated heterocycles. The first-order valence-corrected chi connectivity index (χ1v) is 8.82. The minimum atomic E-state index is -0.171. The lowest BCUT2D eigenvalue weighted by Crippen LogP contribution is -2.22. The van der Waals surface area contributed by atoms with E-state index in [1.54, 1.807) is 42.1 Å². The van der Waals surface area contributed by atoms with Crippen LogP contribution in [0.3, 0.4) is 0 Å². The maximum atomic E-state index is 12.4. The Morgan fingerprint density at radius 2 is 1.75 bits per heavy atom. The predicted molar refractivity (Wildman–Crippen MR) is 107 cm³/mol. The molecule has 3 aromatic rings. The summed E-state index contributed by atoms with van der Waals surface area (Å²) in [4.78, 5) is 23.8. The highest BCUT2D eigenvalue weighted by Gasteiger charge is 2.10. The Balaban J connectivity index is 1.68. The van der Waals surface area contributed by atoms with Crippen molar-refractivity contribution in [3.8, 4) is 11.4 Å². The average molecular weight is 378 g/mol. The second kappa shape index (κ2) is 8.39. The molecule has 0 radical (unpaired) electrons. The van der Waals surface area contributed by atoms with Gasteiger partial charge in [-0.1, -0.05) is 12.1 Å². The van der Waals surface area contributed by atoms with Crippen molar-refractivity contribution in [1.82, 2.24) is 15.1 Å². The SMILES string of the molecule is COc1ccc(CNC(=O)c2ccc(-n3nc(C)cc3NC(C)=O)cc2)cc1. The minimum Gasteiger partial charge on any atom is -0.497 e. The number of hydrogen-bond acceptors (Lipinski definition) is 4. The lowest BCUT2D eigenvalue weighted by atomic mass is 10.1. The molecule has 1 aromatic heterocycles. The molecule has 1 heterocycles. The molecule has 0 spiro atoms. The highest BCUT2D eigenvalue weighted by atomic mass is 16.5. The number of aromatic nitrogens is 2. The van der Waals surface area contributed by atoms with E-state index >= 15 is 0 Å². The number of aryl methyl sites for hydroxylation is 1. The molecule has 0 aliphatic heterocycles.